The summed E-state index contributed by atoms with van der Waals surface area (Å²) in [5, 5.41) is 11.5. The molecule has 4 aromatic rings. The number of nitrogens with one attached hydrogen (secondary N) is 2. The van der Waals surface area contributed by atoms with Gasteiger partial charge >= 0.3 is 11.8 Å². The number of benzene rings is 1. The topological polar surface area (TPSA) is 136 Å². The summed E-state index contributed by atoms with van der Waals surface area (Å²) in [5.74, 6) is 1.08. The summed E-state index contributed by atoms with van der Waals surface area (Å²) in [6.45, 7) is 3.50. The van der Waals surface area contributed by atoms with Gasteiger partial charge in [0.05, 0.1) is 36.1 Å². The summed E-state index contributed by atoms with van der Waals surface area (Å²) >= 11 is 0. The van der Waals surface area contributed by atoms with Gasteiger partial charge in [-0.3, -0.25) is 9.59 Å². The molecule has 36 heavy (non-hydrogen) atoms. The van der Waals surface area contributed by atoms with Crippen LogP contribution in [0.5, 0.6) is 5.88 Å². The number of ether oxygens (including phenoxy) is 1. The molecule has 0 saturated carbocycles. The molecule has 4 rings (SSSR count). The van der Waals surface area contributed by atoms with Crippen molar-refractivity contribution in [1.82, 2.24) is 30.5 Å². The van der Waals surface area contributed by atoms with Crippen LogP contribution in [-0.4, -0.2) is 43.9 Å². The molecule has 0 aliphatic rings. The molecule has 3 heterocycles. The normalized spacial score (nSPS) is 12.0. The van der Waals surface area contributed by atoms with Crippen LogP contribution < -0.4 is 10.1 Å². The van der Waals surface area contributed by atoms with E-state index in [9.17, 15) is 9.59 Å². The lowest BCUT2D eigenvalue weighted by atomic mass is 10.0. The molecule has 0 fully saturated rings. The SMILES string of the molecule is CCC(=O)CCCCC[C@H](NC(=O)c1nnc(C)o1)c1ncc(-c2cc3ccccc3nc2OC)[nH]1. The maximum atomic E-state index is 12.8. The van der Waals surface area contributed by atoms with Gasteiger partial charge in [0.25, 0.3) is 0 Å². The van der Waals surface area contributed by atoms with Crippen molar-refractivity contribution in [2.45, 2.75) is 58.4 Å². The second-order valence-electron chi connectivity index (χ2n) is 8.56. The zero-order valence-corrected chi connectivity index (χ0v) is 20.7. The molecular weight excluding hydrogens is 460 g/mol. The van der Waals surface area contributed by atoms with Crippen molar-refractivity contribution < 1.29 is 18.7 Å². The highest BCUT2D eigenvalue weighted by molar-refractivity contribution is 5.89. The van der Waals surface area contributed by atoms with Crippen LogP contribution in [0.3, 0.4) is 0 Å². The number of aromatic amines is 1. The Morgan fingerprint density at radius 2 is 2.00 bits per heavy atom. The Morgan fingerprint density at radius 3 is 2.75 bits per heavy atom. The molecule has 2 N–H and O–H groups in total. The van der Waals surface area contributed by atoms with Crippen molar-refractivity contribution in [3.8, 4) is 17.1 Å². The molecule has 0 saturated heterocycles. The summed E-state index contributed by atoms with van der Waals surface area (Å²) in [5.41, 5.74) is 2.33. The second-order valence-corrected chi connectivity index (χ2v) is 8.56. The number of amides is 1. The lowest BCUT2D eigenvalue weighted by Crippen LogP contribution is -2.29. The number of carbonyl (C=O) groups excluding carboxylic acids is 2. The molecule has 1 atom stereocenters. The molecule has 10 nitrogen and oxygen atoms in total. The van der Waals surface area contributed by atoms with E-state index in [4.69, 9.17) is 9.15 Å². The van der Waals surface area contributed by atoms with Gasteiger partial charge in [0.15, 0.2) is 0 Å². The van der Waals surface area contributed by atoms with Gasteiger partial charge in [-0.15, -0.1) is 10.2 Å². The van der Waals surface area contributed by atoms with E-state index in [2.05, 4.69) is 30.5 Å². The molecule has 1 amide bonds. The number of imidazole rings is 1. The first kappa shape index (κ1) is 25.0. The zero-order chi connectivity index (χ0) is 25.5. The highest BCUT2D eigenvalue weighted by Crippen LogP contribution is 2.31. The Morgan fingerprint density at radius 1 is 1.17 bits per heavy atom. The van der Waals surface area contributed by atoms with E-state index in [1.807, 2.05) is 37.3 Å². The van der Waals surface area contributed by atoms with Gasteiger partial charge in [-0.25, -0.2) is 9.97 Å². The van der Waals surface area contributed by atoms with Gasteiger partial charge < -0.3 is 19.5 Å². The summed E-state index contributed by atoms with van der Waals surface area (Å²) < 4.78 is 10.8. The largest absolute Gasteiger partial charge is 0.480 e. The van der Waals surface area contributed by atoms with Crippen LogP contribution in [0.15, 0.2) is 40.9 Å². The number of hydrogen-bond donors (Lipinski definition) is 2. The monoisotopic (exact) mass is 490 g/mol. The molecule has 3 aromatic heterocycles. The van der Waals surface area contributed by atoms with Gasteiger partial charge in [0, 0.05) is 25.2 Å². The number of aryl methyl sites for hydroxylation is 1. The number of carbonyl (C=O) groups is 2. The maximum absolute atomic E-state index is 12.8. The summed E-state index contributed by atoms with van der Waals surface area (Å²) in [4.78, 5) is 36.9. The Balaban J connectivity index is 1.55. The fourth-order valence-electron chi connectivity index (χ4n) is 4.01. The molecule has 0 aliphatic carbocycles. The van der Waals surface area contributed by atoms with Crippen molar-refractivity contribution >= 4 is 22.6 Å². The lowest BCUT2D eigenvalue weighted by molar-refractivity contribution is -0.118. The molecular formula is C26H30N6O4. The highest BCUT2D eigenvalue weighted by atomic mass is 16.5. The van der Waals surface area contributed by atoms with E-state index >= 15 is 0 Å². The number of nitrogens with zero attached hydrogens (tertiary/aromatic N) is 4. The zero-order valence-electron chi connectivity index (χ0n) is 20.7. The van der Waals surface area contributed by atoms with Gasteiger partial charge in [-0.05, 0) is 25.0 Å². The van der Waals surface area contributed by atoms with Gasteiger partial charge in [0.1, 0.15) is 11.6 Å². The Bertz CT molecular complexity index is 1350. The quantitative estimate of drug-likeness (QED) is 0.272. The van der Waals surface area contributed by atoms with Crippen LogP contribution in [-0.2, 0) is 4.79 Å². The average molecular weight is 491 g/mol. The Hall–Kier alpha value is -4.08. The number of unbranched alkanes of at least 4 members (excludes halogenated alkanes) is 2. The van der Waals surface area contributed by atoms with Crippen LogP contribution in [0, 0.1) is 6.92 Å². The molecule has 0 spiro atoms. The maximum Gasteiger partial charge on any atom is 0.309 e. The first-order valence-corrected chi connectivity index (χ1v) is 12.1. The molecule has 0 bridgehead atoms. The summed E-state index contributed by atoms with van der Waals surface area (Å²) in [6.07, 6.45) is 5.97. The third kappa shape index (κ3) is 5.94. The number of pyridine rings is 1. The van der Waals surface area contributed by atoms with Gasteiger partial charge in [-0.2, -0.15) is 0 Å². The molecule has 10 heteroatoms. The molecule has 0 unspecified atom stereocenters. The van der Waals surface area contributed by atoms with Crippen molar-refractivity contribution in [3.05, 3.63) is 54.1 Å². The van der Waals surface area contributed by atoms with Crippen LogP contribution in [0.25, 0.3) is 22.2 Å². The molecule has 0 aliphatic heterocycles. The smallest absolute Gasteiger partial charge is 0.309 e. The van der Waals surface area contributed by atoms with Crippen LogP contribution >= 0.6 is 0 Å². The minimum absolute atomic E-state index is 0.0989. The van der Waals surface area contributed by atoms with E-state index in [-0.39, 0.29) is 11.7 Å². The molecule has 1 aromatic carbocycles. The highest BCUT2D eigenvalue weighted by Gasteiger charge is 2.23. The van der Waals surface area contributed by atoms with E-state index < -0.39 is 11.9 Å². The third-order valence-electron chi connectivity index (χ3n) is 5.97. The second kappa shape index (κ2) is 11.6. The van der Waals surface area contributed by atoms with Crippen molar-refractivity contribution in [3.63, 3.8) is 0 Å². The number of rotatable bonds is 12. The first-order valence-electron chi connectivity index (χ1n) is 12.1. The van der Waals surface area contributed by atoms with Gasteiger partial charge in [-0.1, -0.05) is 38.0 Å². The third-order valence-corrected chi connectivity index (χ3v) is 5.97. The number of ketones is 1. The Kier molecular flexibility index (Phi) is 8.04. The molecule has 188 valence electrons. The summed E-state index contributed by atoms with van der Waals surface area (Å²) in [7, 11) is 1.58. The number of Topliss-reactive ketones (excluding diaryl/α,β-unsaturated/α-hetero) is 1. The number of hydrogen-bond acceptors (Lipinski definition) is 8. The van der Waals surface area contributed by atoms with Crippen molar-refractivity contribution in [2.75, 3.05) is 7.11 Å². The predicted molar refractivity (Wildman–Crippen MR) is 134 cm³/mol. The van der Waals surface area contributed by atoms with Crippen molar-refractivity contribution in [2.24, 2.45) is 0 Å². The standard InChI is InChI=1S/C26H30N6O4/c1-4-18(33)11-6-5-7-13-21(29-24(34)26-32-31-16(2)36-26)23-27-15-22(28-23)19-14-17-10-8-9-12-20(17)30-25(19)35-3/h8-10,12,14-15,21H,4-7,11,13H2,1-3H3,(H,27,28)(H,29,34)/t21-/m0/s1. The number of aromatic nitrogens is 5. The van der Waals surface area contributed by atoms with Crippen LogP contribution in [0.2, 0.25) is 0 Å². The minimum atomic E-state index is -0.468. The minimum Gasteiger partial charge on any atom is -0.480 e. The number of methoxy groups -OCH3 is 1. The first-order chi connectivity index (χ1) is 17.5. The van der Waals surface area contributed by atoms with E-state index in [0.717, 1.165) is 41.4 Å². The van der Waals surface area contributed by atoms with Crippen LogP contribution in [0.4, 0.5) is 0 Å². The van der Waals surface area contributed by atoms with Gasteiger partial charge in [0.2, 0.25) is 11.8 Å². The van der Waals surface area contributed by atoms with E-state index in [1.165, 1.54) is 0 Å². The van der Waals surface area contributed by atoms with E-state index in [0.29, 0.717) is 36.9 Å². The van der Waals surface area contributed by atoms with Crippen molar-refractivity contribution in [1.29, 1.82) is 0 Å². The number of para-hydroxylation sites is 1. The Labute approximate surface area is 208 Å². The number of fused-ring (bicyclic) bond motifs is 1. The lowest BCUT2D eigenvalue weighted by Gasteiger charge is -2.16. The summed E-state index contributed by atoms with van der Waals surface area (Å²) in [6, 6.07) is 9.38. The molecule has 0 radical (unpaired) electrons. The van der Waals surface area contributed by atoms with Crippen LogP contribution in [0.1, 0.15) is 73.9 Å². The fraction of sp³-hybridized carbons (Fsp3) is 0.385. The fourth-order valence-corrected chi connectivity index (χ4v) is 4.01. The number of H-pyrrole nitrogens is 1. The van der Waals surface area contributed by atoms with E-state index in [1.54, 1.807) is 20.2 Å². The average Bonchev–Trinajstić information content (AvgIpc) is 3.56. The predicted octanol–water partition coefficient (Wildman–Crippen LogP) is 4.73.